The summed E-state index contributed by atoms with van der Waals surface area (Å²) in [5, 5.41) is 0. The zero-order valence-corrected chi connectivity index (χ0v) is 9.62. The molecular weight excluding hydrogens is 184 g/mol. The lowest BCUT2D eigenvalue weighted by molar-refractivity contribution is -0.319. The Morgan fingerprint density at radius 2 is 1.93 bits per heavy atom. The van der Waals surface area contributed by atoms with Crippen LogP contribution in [0.1, 0.15) is 47.5 Å². The molecule has 0 N–H and O–H groups in total. The zero-order valence-electron chi connectivity index (χ0n) is 9.62. The Morgan fingerprint density at radius 1 is 1.36 bits per heavy atom. The van der Waals surface area contributed by atoms with Crippen LogP contribution in [0.3, 0.4) is 0 Å². The van der Waals surface area contributed by atoms with Gasteiger partial charge >= 0.3 is 6.16 Å². The molecule has 0 aromatic carbocycles. The van der Waals surface area contributed by atoms with Crippen LogP contribution in [0.25, 0.3) is 0 Å². The Balaban J connectivity index is 3.74. The number of hydrogen-bond acceptors (Lipinski definition) is 4. The van der Waals surface area contributed by atoms with Gasteiger partial charge in [-0.3, -0.25) is 4.89 Å². The van der Waals surface area contributed by atoms with E-state index in [0.717, 1.165) is 12.8 Å². The van der Waals surface area contributed by atoms with E-state index in [-0.39, 0.29) is 6.10 Å². The maximum Gasteiger partial charge on any atom is 0.540 e. The molecule has 0 aliphatic rings. The quantitative estimate of drug-likeness (QED) is 0.392. The normalized spacial score (nSPS) is 13.5. The SMILES string of the molecule is CCC(C)OC(=O)OOC(C)(C)CC. The Bertz CT molecular complexity index is 177. The van der Waals surface area contributed by atoms with Gasteiger partial charge in [-0.2, -0.15) is 4.89 Å². The molecule has 1 unspecified atom stereocenters. The van der Waals surface area contributed by atoms with Crippen molar-refractivity contribution in [2.75, 3.05) is 0 Å². The molecule has 0 bridgehead atoms. The third kappa shape index (κ3) is 5.80. The largest absolute Gasteiger partial charge is 0.540 e. The van der Waals surface area contributed by atoms with Crippen molar-refractivity contribution < 1.29 is 19.3 Å². The number of carbonyl (C=O) groups excluding carboxylic acids is 1. The van der Waals surface area contributed by atoms with Crippen LogP contribution in [0.4, 0.5) is 4.79 Å². The van der Waals surface area contributed by atoms with E-state index in [9.17, 15) is 4.79 Å². The molecule has 1 atom stereocenters. The molecule has 0 aromatic rings. The molecular formula is C10H20O4. The fourth-order valence-corrected chi connectivity index (χ4v) is 0.473. The molecule has 0 amide bonds. The first-order chi connectivity index (χ1) is 6.41. The number of ether oxygens (including phenoxy) is 1. The second kappa shape index (κ2) is 5.86. The van der Waals surface area contributed by atoms with Crippen LogP contribution >= 0.6 is 0 Å². The summed E-state index contributed by atoms with van der Waals surface area (Å²) in [5.74, 6) is 0. The van der Waals surface area contributed by atoms with E-state index in [1.807, 2.05) is 27.7 Å². The van der Waals surface area contributed by atoms with Crippen LogP contribution in [0.2, 0.25) is 0 Å². The van der Waals surface area contributed by atoms with E-state index < -0.39 is 11.8 Å². The predicted molar refractivity (Wildman–Crippen MR) is 52.8 cm³/mol. The van der Waals surface area contributed by atoms with E-state index in [1.165, 1.54) is 0 Å². The summed E-state index contributed by atoms with van der Waals surface area (Å²) in [6.07, 6.45) is 0.590. The summed E-state index contributed by atoms with van der Waals surface area (Å²) >= 11 is 0. The lowest BCUT2D eigenvalue weighted by atomic mass is 10.1. The van der Waals surface area contributed by atoms with Crippen LogP contribution in [-0.2, 0) is 14.5 Å². The maximum absolute atomic E-state index is 11.0. The molecule has 0 heterocycles. The second-order valence-corrected chi connectivity index (χ2v) is 3.87. The number of carbonyl (C=O) groups is 1. The van der Waals surface area contributed by atoms with Gasteiger partial charge < -0.3 is 4.74 Å². The fraction of sp³-hybridized carbons (Fsp3) is 0.900. The van der Waals surface area contributed by atoms with Crippen molar-refractivity contribution >= 4 is 6.16 Å². The molecule has 0 radical (unpaired) electrons. The Labute approximate surface area is 85.5 Å². The number of rotatable bonds is 5. The summed E-state index contributed by atoms with van der Waals surface area (Å²) in [6, 6.07) is 0. The zero-order chi connectivity index (χ0) is 11.2. The summed E-state index contributed by atoms with van der Waals surface area (Å²) in [6.45, 7) is 9.34. The van der Waals surface area contributed by atoms with Crippen LogP contribution in [0, 0.1) is 0 Å². The van der Waals surface area contributed by atoms with Crippen LogP contribution in [-0.4, -0.2) is 17.9 Å². The molecule has 0 spiro atoms. The Hall–Kier alpha value is -0.770. The average Bonchev–Trinajstić information content (AvgIpc) is 2.15. The molecule has 0 saturated heterocycles. The van der Waals surface area contributed by atoms with Crippen molar-refractivity contribution in [3.05, 3.63) is 0 Å². The van der Waals surface area contributed by atoms with Gasteiger partial charge in [0.05, 0.1) is 0 Å². The first-order valence-corrected chi connectivity index (χ1v) is 4.97. The smallest absolute Gasteiger partial charge is 0.429 e. The summed E-state index contributed by atoms with van der Waals surface area (Å²) in [7, 11) is 0. The monoisotopic (exact) mass is 204 g/mol. The molecule has 84 valence electrons. The summed E-state index contributed by atoms with van der Waals surface area (Å²) in [5.41, 5.74) is -0.464. The molecule has 0 fully saturated rings. The first kappa shape index (κ1) is 13.2. The Kier molecular flexibility index (Phi) is 5.53. The van der Waals surface area contributed by atoms with Crippen molar-refractivity contribution in [1.82, 2.24) is 0 Å². The highest BCUT2D eigenvalue weighted by atomic mass is 17.2. The van der Waals surface area contributed by atoms with Gasteiger partial charge in [-0.15, -0.1) is 0 Å². The minimum atomic E-state index is -0.777. The topological polar surface area (TPSA) is 44.8 Å². The van der Waals surface area contributed by atoms with Crippen LogP contribution < -0.4 is 0 Å². The molecule has 0 aromatic heterocycles. The number of hydrogen-bond donors (Lipinski definition) is 0. The van der Waals surface area contributed by atoms with Crippen molar-refractivity contribution in [2.45, 2.75) is 59.2 Å². The summed E-state index contributed by atoms with van der Waals surface area (Å²) < 4.78 is 4.85. The molecule has 0 rings (SSSR count). The van der Waals surface area contributed by atoms with Gasteiger partial charge in [0.15, 0.2) is 0 Å². The van der Waals surface area contributed by atoms with Gasteiger partial charge in [0, 0.05) is 0 Å². The highest BCUT2D eigenvalue weighted by molar-refractivity contribution is 5.59. The molecule has 0 aliphatic carbocycles. The second-order valence-electron chi connectivity index (χ2n) is 3.87. The molecule has 4 heteroatoms. The lowest BCUT2D eigenvalue weighted by Crippen LogP contribution is -2.26. The standard InChI is InChI=1S/C10H20O4/c1-6-8(3)12-9(11)13-14-10(4,5)7-2/h8H,6-7H2,1-5H3. The van der Waals surface area contributed by atoms with E-state index in [4.69, 9.17) is 9.62 Å². The van der Waals surface area contributed by atoms with Crippen LogP contribution in [0.5, 0.6) is 0 Å². The molecule has 0 aliphatic heterocycles. The van der Waals surface area contributed by atoms with E-state index in [1.54, 1.807) is 6.92 Å². The minimum Gasteiger partial charge on any atom is -0.429 e. The van der Waals surface area contributed by atoms with Crippen LogP contribution in [0.15, 0.2) is 0 Å². The van der Waals surface area contributed by atoms with Gasteiger partial charge in [0.2, 0.25) is 0 Å². The lowest BCUT2D eigenvalue weighted by Gasteiger charge is -2.20. The van der Waals surface area contributed by atoms with Crippen molar-refractivity contribution in [2.24, 2.45) is 0 Å². The molecule has 14 heavy (non-hydrogen) atoms. The first-order valence-electron chi connectivity index (χ1n) is 4.97. The van der Waals surface area contributed by atoms with Crippen molar-refractivity contribution in [3.8, 4) is 0 Å². The molecule has 0 saturated carbocycles. The van der Waals surface area contributed by atoms with Gasteiger partial charge in [-0.25, -0.2) is 4.79 Å². The highest BCUT2D eigenvalue weighted by Gasteiger charge is 2.20. The van der Waals surface area contributed by atoms with E-state index >= 15 is 0 Å². The summed E-state index contributed by atoms with van der Waals surface area (Å²) in [4.78, 5) is 20.4. The van der Waals surface area contributed by atoms with Gasteiger partial charge in [-0.1, -0.05) is 13.8 Å². The molecule has 4 nitrogen and oxygen atoms in total. The van der Waals surface area contributed by atoms with E-state index in [2.05, 4.69) is 4.89 Å². The van der Waals surface area contributed by atoms with Crippen molar-refractivity contribution in [1.29, 1.82) is 0 Å². The van der Waals surface area contributed by atoms with E-state index in [0.29, 0.717) is 0 Å². The van der Waals surface area contributed by atoms with Gasteiger partial charge in [0.25, 0.3) is 0 Å². The highest BCUT2D eigenvalue weighted by Crippen LogP contribution is 2.14. The fourth-order valence-electron chi connectivity index (χ4n) is 0.473. The minimum absolute atomic E-state index is 0.143. The third-order valence-electron chi connectivity index (χ3n) is 2.06. The third-order valence-corrected chi connectivity index (χ3v) is 2.06. The van der Waals surface area contributed by atoms with Gasteiger partial charge in [0.1, 0.15) is 11.7 Å². The van der Waals surface area contributed by atoms with Gasteiger partial charge in [-0.05, 0) is 33.6 Å². The predicted octanol–water partition coefficient (Wildman–Crippen LogP) is 3.06. The van der Waals surface area contributed by atoms with Crippen molar-refractivity contribution in [3.63, 3.8) is 0 Å². The average molecular weight is 204 g/mol. The Morgan fingerprint density at radius 3 is 2.36 bits per heavy atom. The maximum atomic E-state index is 11.0.